The van der Waals surface area contributed by atoms with Crippen LogP contribution in [0.25, 0.3) is 0 Å². The van der Waals surface area contributed by atoms with Crippen LogP contribution < -0.4 is 0 Å². The monoisotopic (exact) mass is 604 g/mol. The minimum absolute atomic E-state index is 0.00227. The van der Waals surface area contributed by atoms with Crippen LogP contribution in [0.4, 0.5) is 0 Å². The molecule has 0 aromatic heterocycles. The van der Waals surface area contributed by atoms with E-state index in [1.807, 2.05) is 27.0 Å². The van der Waals surface area contributed by atoms with Crippen LogP contribution in [0.15, 0.2) is 23.8 Å². The van der Waals surface area contributed by atoms with Crippen LogP contribution in [0.3, 0.4) is 0 Å². The average molecular weight is 605 g/mol. The van der Waals surface area contributed by atoms with Gasteiger partial charge in [0.15, 0.2) is 0 Å². The maximum atomic E-state index is 11.1. The molecule has 0 unspecified atom stereocenters. The first kappa shape index (κ1) is 33.6. The van der Waals surface area contributed by atoms with Gasteiger partial charge in [-0.25, -0.2) is 0 Å². The second kappa shape index (κ2) is 11.8. The van der Waals surface area contributed by atoms with E-state index in [2.05, 4.69) is 46.8 Å². The van der Waals surface area contributed by atoms with E-state index in [1.165, 1.54) is 31.3 Å². The molecule has 4 fully saturated rings. The van der Waals surface area contributed by atoms with Gasteiger partial charge >= 0.3 is 0 Å². The quantitative estimate of drug-likeness (QED) is 0.269. The molecule has 14 atom stereocenters. The van der Waals surface area contributed by atoms with Gasteiger partial charge < -0.3 is 35.0 Å². The van der Waals surface area contributed by atoms with Crippen molar-refractivity contribution < 1.29 is 35.0 Å². The first-order valence-electron chi connectivity index (χ1n) is 17.0. The van der Waals surface area contributed by atoms with Gasteiger partial charge in [0.2, 0.25) is 0 Å². The SMILES string of the molecule is CO[C@H]1C=C2[C@H](CC[C@H]([C@@H]3O[C@H](CO)[C@@H](O)[C@@H](O)[C@H]3O)C2(C)C)[C@@H]2CC[C@H]3[C@@H]([C@H](C)C/C=C/C(C)(C)O)CC[C@]3(C)[C@@]12C. The summed E-state index contributed by atoms with van der Waals surface area (Å²) in [5.74, 6) is 2.73. The minimum Gasteiger partial charge on any atom is -0.394 e. The minimum atomic E-state index is -1.35. The summed E-state index contributed by atoms with van der Waals surface area (Å²) in [4.78, 5) is 0. The summed E-state index contributed by atoms with van der Waals surface area (Å²) in [6.07, 6.45) is 8.78. The number of aliphatic hydroxyl groups is 5. The Morgan fingerprint density at radius 2 is 1.63 bits per heavy atom. The number of rotatable bonds is 7. The highest BCUT2D eigenvalue weighted by atomic mass is 16.5. The van der Waals surface area contributed by atoms with Crippen LogP contribution in [0.1, 0.15) is 93.4 Å². The Morgan fingerprint density at radius 3 is 2.26 bits per heavy atom. The van der Waals surface area contributed by atoms with Crippen molar-refractivity contribution in [2.24, 2.45) is 51.8 Å². The fraction of sp³-hybridized carbons (Fsp3) is 0.889. The molecule has 3 saturated carbocycles. The van der Waals surface area contributed by atoms with E-state index in [0.29, 0.717) is 29.6 Å². The van der Waals surface area contributed by atoms with Gasteiger partial charge in [0.1, 0.15) is 24.4 Å². The zero-order valence-corrected chi connectivity index (χ0v) is 27.9. The van der Waals surface area contributed by atoms with Crippen LogP contribution in [0, 0.1) is 51.8 Å². The molecule has 5 N–H and O–H groups in total. The van der Waals surface area contributed by atoms with Crippen LogP contribution in [-0.4, -0.2) is 81.5 Å². The average Bonchev–Trinajstić information content (AvgIpc) is 3.29. The largest absolute Gasteiger partial charge is 0.394 e. The summed E-state index contributed by atoms with van der Waals surface area (Å²) in [6, 6.07) is 0. The Bertz CT molecular complexity index is 1060. The van der Waals surface area contributed by atoms with Gasteiger partial charge in [-0.05, 0) is 105 Å². The number of methoxy groups -OCH3 is 1. The van der Waals surface area contributed by atoms with Gasteiger partial charge in [-0.15, -0.1) is 0 Å². The van der Waals surface area contributed by atoms with Crippen molar-refractivity contribution >= 4 is 0 Å². The lowest BCUT2D eigenvalue weighted by molar-refractivity contribution is -0.252. The molecular formula is C36H60O7. The van der Waals surface area contributed by atoms with Gasteiger partial charge in [-0.1, -0.05) is 58.4 Å². The Hall–Kier alpha value is -0.800. The molecule has 0 amide bonds. The van der Waals surface area contributed by atoms with Crippen LogP contribution >= 0.6 is 0 Å². The zero-order chi connectivity index (χ0) is 31.7. The number of fused-ring (bicyclic) bond motifs is 5. The van der Waals surface area contributed by atoms with E-state index in [4.69, 9.17) is 9.47 Å². The first-order chi connectivity index (χ1) is 20.0. The highest BCUT2D eigenvalue weighted by molar-refractivity contribution is 5.32. The normalized spacial score (nSPS) is 48.8. The standard InChI is InChI=1S/C36H60O7/c1-20(10-9-16-33(2,3)41)21-15-17-35(6)23(21)13-14-24-22-11-12-25(32-31(40)30(39)29(38)27(19-37)43-32)34(4,5)26(22)18-28(42-8)36(24,35)7/h9,16,18,20-25,27-32,37-41H,10-15,17,19H2,1-8H3/b16-9+/t20-,21-,22-,23+,24+,25-,27-,28+,29-,30-,31-,32+,35+,36-/m1/s1. The third-order valence-electron chi connectivity index (χ3n) is 13.7. The molecule has 1 heterocycles. The fourth-order valence-electron chi connectivity index (χ4n) is 11.2. The molecule has 0 aromatic carbocycles. The van der Waals surface area contributed by atoms with E-state index < -0.39 is 42.7 Å². The van der Waals surface area contributed by atoms with Crippen molar-refractivity contribution in [3.63, 3.8) is 0 Å². The summed E-state index contributed by atoms with van der Waals surface area (Å²) in [5, 5.41) is 52.0. The predicted molar refractivity (Wildman–Crippen MR) is 167 cm³/mol. The van der Waals surface area contributed by atoms with E-state index in [0.717, 1.165) is 19.3 Å². The first-order valence-corrected chi connectivity index (χ1v) is 17.0. The highest BCUT2D eigenvalue weighted by Gasteiger charge is 2.67. The summed E-state index contributed by atoms with van der Waals surface area (Å²) in [7, 11) is 1.86. The zero-order valence-electron chi connectivity index (χ0n) is 27.9. The summed E-state index contributed by atoms with van der Waals surface area (Å²) in [5.41, 5.74) is 0.462. The summed E-state index contributed by atoms with van der Waals surface area (Å²) < 4.78 is 12.6. The van der Waals surface area contributed by atoms with Gasteiger partial charge in [0.05, 0.1) is 24.4 Å². The van der Waals surface area contributed by atoms with E-state index >= 15 is 0 Å². The molecule has 7 heteroatoms. The second-order valence-electron chi connectivity index (χ2n) is 16.5. The molecule has 4 aliphatic carbocycles. The number of hydrogen-bond acceptors (Lipinski definition) is 7. The van der Waals surface area contributed by atoms with Crippen molar-refractivity contribution in [3.8, 4) is 0 Å². The number of aliphatic hydroxyl groups excluding tert-OH is 4. The fourth-order valence-corrected chi connectivity index (χ4v) is 11.2. The molecule has 0 aromatic rings. The smallest absolute Gasteiger partial charge is 0.111 e. The van der Waals surface area contributed by atoms with Gasteiger partial charge in [-0.3, -0.25) is 0 Å². The second-order valence-corrected chi connectivity index (χ2v) is 16.5. The van der Waals surface area contributed by atoms with Crippen molar-refractivity contribution in [1.29, 1.82) is 0 Å². The number of hydrogen-bond donors (Lipinski definition) is 5. The molecule has 0 radical (unpaired) electrons. The lowest BCUT2D eigenvalue weighted by atomic mass is 9.40. The Labute approximate surface area is 259 Å². The molecule has 0 bridgehead atoms. The van der Waals surface area contributed by atoms with E-state index in [9.17, 15) is 25.5 Å². The number of ether oxygens (including phenoxy) is 2. The van der Waals surface area contributed by atoms with Crippen molar-refractivity contribution in [1.82, 2.24) is 0 Å². The van der Waals surface area contributed by atoms with Crippen molar-refractivity contribution in [2.75, 3.05) is 13.7 Å². The topological polar surface area (TPSA) is 120 Å². The molecular weight excluding hydrogens is 544 g/mol. The molecule has 246 valence electrons. The molecule has 5 rings (SSSR count). The third-order valence-corrected chi connectivity index (χ3v) is 13.7. The Balaban J connectivity index is 1.43. The molecule has 43 heavy (non-hydrogen) atoms. The van der Waals surface area contributed by atoms with E-state index in [-0.39, 0.29) is 28.3 Å². The summed E-state index contributed by atoms with van der Waals surface area (Å²) >= 11 is 0. The summed E-state index contributed by atoms with van der Waals surface area (Å²) in [6.45, 7) is 15.2. The van der Waals surface area contributed by atoms with Crippen LogP contribution in [0.5, 0.6) is 0 Å². The van der Waals surface area contributed by atoms with Crippen molar-refractivity contribution in [3.05, 3.63) is 23.8 Å². The maximum Gasteiger partial charge on any atom is 0.111 e. The Kier molecular flexibility index (Phi) is 9.19. The molecule has 0 spiro atoms. The molecule has 1 saturated heterocycles. The Morgan fingerprint density at radius 1 is 0.977 bits per heavy atom. The van der Waals surface area contributed by atoms with Gasteiger partial charge in [0.25, 0.3) is 0 Å². The van der Waals surface area contributed by atoms with E-state index in [1.54, 1.807) is 0 Å². The lowest BCUT2D eigenvalue weighted by Crippen LogP contribution is -2.64. The molecule has 5 aliphatic rings. The third kappa shape index (κ3) is 5.31. The van der Waals surface area contributed by atoms with Crippen LogP contribution in [0.2, 0.25) is 0 Å². The maximum absolute atomic E-state index is 11.1. The van der Waals surface area contributed by atoms with Crippen molar-refractivity contribution in [2.45, 2.75) is 136 Å². The lowest BCUT2D eigenvalue weighted by Gasteiger charge is -2.66. The van der Waals surface area contributed by atoms with Gasteiger partial charge in [-0.2, -0.15) is 0 Å². The molecule has 1 aliphatic heterocycles. The predicted octanol–water partition coefficient (Wildman–Crippen LogP) is 4.64. The van der Waals surface area contributed by atoms with Gasteiger partial charge in [0, 0.05) is 12.5 Å². The van der Waals surface area contributed by atoms with Crippen LogP contribution in [-0.2, 0) is 9.47 Å². The highest BCUT2D eigenvalue weighted by Crippen LogP contribution is 2.72. The molecule has 7 nitrogen and oxygen atoms in total. The number of allylic oxidation sites excluding steroid dienone is 2.